The first kappa shape index (κ1) is 15.0. The maximum atomic E-state index is 11.9. The van der Waals surface area contributed by atoms with Crippen LogP contribution in [0.5, 0.6) is 5.75 Å². The molecule has 0 aliphatic carbocycles. The molecule has 1 aromatic carbocycles. The Bertz CT molecular complexity index is 428. The molecule has 0 radical (unpaired) electrons. The number of rotatable bonds is 7. The van der Waals surface area contributed by atoms with Crippen LogP contribution in [0.2, 0.25) is 0 Å². The van der Waals surface area contributed by atoms with Gasteiger partial charge in [-0.25, -0.2) is 4.79 Å². The van der Waals surface area contributed by atoms with E-state index in [1.165, 1.54) is 0 Å². The number of aliphatic carboxylic acids is 1. The van der Waals surface area contributed by atoms with Gasteiger partial charge in [0.15, 0.2) is 0 Å². The van der Waals surface area contributed by atoms with Crippen molar-refractivity contribution in [2.75, 3.05) is 6.61 Å². The molecule has 0 fully saturated rings. The number of benzene rings is 1. The van der Waals surface area contributed by atoms with Crippen molar-refractivity contribution in [3.8, 4) is 5.75 Å². The van der Waals surface area contributed by atoms with E-state index in [0.29, 0.717) is 30.8 Å². The number of nitrogens with one attached hydrogen (secondary N) is 1. The molecule has 0 saturated carbocycles. The fourth-order valence-corrected chi connectivity index (χ4v) is 1.66. The maximum Gasteiger partial charge on any atom is 0.326 e. The Labute approximate surface area is 112 Å². The predicted molar refractivity (Wildman–Crippen MR) is 71.4 cm³/mol. The minimum Gasteiger partial charge on any atom is -0.494 e. The number of carbonyl (C=O) groups excluding carboxylic acids is 1. The van der Waals surface area contributed by atoms with Crippen LogP contribution < -0.4 is 10.1 Å². The van der Waals surface area contributed by atoms with Gasteiger partial charge in [-0.3, -0.25) is 4.79 Å². The highest BCUT2D eigenvalue weighted by atomic mass is 16.5. The topological polar surface area (TPSA) is 75.6 Å². The van der Waals surface area contributed by atoms with Crippen molar-refractivity contribution in [3.05, 3.63) is 29.8 Å². The molecule has 19 heavy (non-hydrogen) atoms. The van der Waals surface area contributed by atoms with Crippen LogP contribution in [0.1, 0.15) is 37.0 Å². The molecule has 104 valence electrons. The van der Waals surface area contributed by atoms with E-state index >= 15 is 0 Å². The highest BCUT2D eigenvalue weighted by molar-refractivity contribution is 5.96. The molecule has 0 heterocycles. The van der Waals surface area contributed by atoms with Gasteiger partial charge in [-0.15, -0.1) is 0 Å². The summed E-state index contributed by atoms with van der Waals surface area (Å²) >= 11 is 0. The summed E-state index contributed by atoms with van der Waals surface area (Å²) in [5.74, 6) is -0.715. The van der Waals surface area contributed by atoms with E-state index in [0.717, 1.165) is 0 Å². The third-order valence-corrected chi connectivity index (χ3v) is 2.61. The Morgan fingerprint density at radius 1 is 1.26 bits per heavy atom. The van der Waals surface area contributed by atoms with E-state index in [2.05, 4.69) is 5.32 Å². The van der Waals surface area contributed by atoms with Gasteiger partial charge in [0.1, 0.15) is 11.8 Å². The predicted octanol–water partition coefficient (Wildman–Crippen LogP) is 2.07. The standard InChI is InChI=1S/C14H19NO4/c1-3-5-12(14(17)18)15-13(16)10-6-8-11(9-7-10)19-4-2/h6-9,12H,3-5H2,1-2H3,(H,15,16)(H,17,18)/t12-/m0/s1. The van der Waals surface area contributed by atoms with E-state index in [1.54, 1.807) is 24.3 Å². The molecule has 1 rings (SSSR count). The molecule has 1 amide bonds. The lowest BCUT2D eigenvalue weighted by molar-refractivity contribution is -0.139. The Kier molecular flexibility index (Phi) is 5.85. The summed E-state index contributed by atoms with van der Waals surface area (Å²) in [5.41, 5.74) is 0.422. The monoisotopic (exact) mass is 265 g/mol. The average molecular weight is 265 g/mol. The molecule has 0 spiro atoms. The zero-order valence-electron chi connectivity index (χ0n) is 11.2. The second-order valence-electron chi connectivity index (χ2n) is 4.11. The molecule has 0 aromatic heterocycles. The molecule has 0 aliphatic heterocycles. The molecule has 0 unspecified atom stereocenters. The van der Waals surface area contributed by atoms with Crippen LogP contribution in [-0.2, 0) is 4.79 Å². The first-order valence-corrected chi connectivity index (χ1v) is 6.35. The lowest BCUT2D eigenvalue weighted by Crippen LogP contribution is -2.40. The lowest BCUT2D eigenvalue weighted by atomic mass is 10.1. The third kappa shape index (κ3) is 4.62. The molecule has 0 bridgehead atoms. The summed E-state index contributed by atoms with van der Waals surface area (Å²) in [7, 11) is 0. The van der Waals surface area contributed by atoms with Gasteiger partial charge in [-0.2, -0.15) is 0 Å². The Hall–Kier alpha value is -2.04. The lowest BCUT2D eigenvalue weighted by Gasteiger charge is -2.13. The number of hydrogen-bond acceptors (Lipinski definition) is 3. The van der Waals surface area contributed by atoms with Crippen molar-refractivity contribution in [1.82, 2.24) is 5.32 Å². The van der Waals surface area contributed by atoms with Gasteiger partial charge in [-0.1, -0.05) is 13.3 Å². The smallest absolute Gasteiger partial charge is 0.326 e. The highest BCUT2D eigenvalue weighted by Gasteiger charge is 2.19. The van der Waals surface area contributed by atoms with Crippen molar-refractivity contribution < 1.29 is 19.4 Å². The van der Waals surface area contributed by atoms with Crippen LogP contribution in [0.25, 0.3) is 0 Å². The normalized spacial score (nSPS) is 11.7. The van der Waals surface area contributed by atoms with E-state index in [1.807, 2.05) is 13.8 Å². The number of hydrogen-bond donors (Lipinski definition) is 2. The first-order chi connectivity index (χ1) is 9.08. The largest absolute Gasteiger partial charge is 0.494 e. The fraction of sp³-hybridized carbons (Fsp3) is 0.429. The number of carboxylic acid groups (broad SMARTS) is 1. The van der Waals surface area contributed by atoms with Gasteiger partial charge in [0.2, 0.25) is 0 Å². The summed E-state index contributed by atoms with van der Waals surface area (Å²) in [5, 5.41) is 11.5. The van der Waals surface area contributed by atoms with Gasteiger partial charge >= 0.3 is 5.97 Å². The molecule has 1 atom stereocenters. The van der Waals surface area contributed by atoms with Gasteiger partial charge < -0.3 is 15.2 Å². The summed E-state index contributed by atoms with van der Waals surface area (Å²) in [6.45, 7) is 4.31. The number of amides is 1. The van der Waals surface area contributed by atoms with Gasteiger partial charge in [0.05, 0.1) is 6.61 Å². The zero-order chi connectivity index (χ0) is 14.3. The second-order valence-corrected chi connectivity index (χ2v) is 4.11. The summed E-state index contributed by atoms with van der Waals surface area (Å²) in [4.78, 5) is 22.8. The summed E-state index contributed by atoms with van der Waals surface area (Å²) in [6.07, 6.45) is 1.11. The fourth-order valence-electron chi connectivity index (χ4n) is 1.66. The number of ether oxygens (including phenoxy) is 1. The van der Waals surface area contributed by atoms with Crippen molar-refractivity contribution in [1.29, 1.82) is 0 Å². The van der Waals surface area contributed by atoms with Crippen LogP contribution in [-0.4, -0.2) is 29.6 Å². The average Bonchev–Trinajstić information content (AvgIpc) is 2.39. The zero-order valence-corrected chi connectivity index (χ0v) is 11.2. The summed E-state index contributed by atoms with van der Waals surface area (Å²) < 4.78 is 5.27. The molecule has 1 aromatic rings. The van der Waals surface area contributed by atoms with Crippen molar-refractivity contribution in [2.45, 2.75) is 32.7 Å². The second kappa shape index (κ2) is 7.41. The quantitative estimate of drug-likeness (QED) is 0.791. The van der Waals surface area contributed by atoms with Crippen LogP contribution in [0, 0.1) is 0 Å². The van der Waals surface area contributed by atoms with Crippen molar-refractivity contribution >= 4 is 11.9 Å². The molecule has 2 N–H and O–H groups in total. The van der Waals surface area contributed by atoms with Crippen LogP contribution >= 0.6 is 0 Å². The molecular weight excluding hydrogens is 246 g/mol. The Morgan fingerprint density at radius 3 is 2.37 bits per heavy atom. The molecule has 0 saturated heterocycles. The maximum absolute atomic E-state index is 11.9. The van der Waals surface area contributed by atoms with Crippen LogP contribution in [0.15, 0.2) is 24.3 Å². The Balaban J connectivity index is 2.68. The first-order valence-electron chi connectivity index (χ1n) is 6.35. The molecule has 0 aliphatic rings. The van der Waals surface area contributed by atoms with E-state index in [4.69, 9.17) is 9.84 Å². The van der Waals surface area contributed by atoms with Crippen LogP contribution in [0.4, 0.5) is 0 Å². The number of carboxylic acids is 1. The van der Waals surface area contributed by atoms with E-state index < -0.39 is 12.0 Å². The highest BCUT2D eigenvalue weighted by Crippen LogP contribution is 2.12. The van der Waals surface area contributed by atoms with Crippen molar-refractivity contribution in [3.63, 3.8) is 0 Å². The number of carbonyl (C=O) groups is 2. The molecule has 5 nitrogen and oxygen atoms in total. The SMILES string of the molecule is CCC[C@H](NC(=O)c1ccc(OCC)cc1)C(=O)O. The molecular formula is C14H19NO4. The third-order valence-electron chi connectivity index (χ3n) is 2.61. The Morgan fingerprint density at radius 2 is 1.89 bits per heavy atom. The minimum atomic E-state index is -1.01. The molecule has 5 heteroatoms. The van der Waals surface area contributed by atoms with Crippen molar-refractivity contribution in [2.24, 2.45) is 0 Å². The summed E-state index contributed by atoms with van der Waals surface area (Å²) in [6, 6.07) is 5.77. The van der Waals surface area contributed by atoms with Crippen LogP contribution in [0.3, 0.4) is 0 Å². The minimum absolute atomic E-state index is 0.385. The van der Waals surface area contributed by atoms with E-state index in [-0.39, 0.29) is 5.91 Å². The van der Waals surface area contributed by atoms with E-state index in [9.17, 15) is 9.59 Å². The van der Waals surface area contributed by atoms with Gasteiger partial charge in [0, 0.05) is 5.56 Å². The van der Waals surface area contributed by atoms with Gasteiger partial charge in [0.25, 0.3) is 5.91 Å². The van der Waals surface area contributed by atoms with Gasteiger partial charge in [-0.05, 0) is 37.6 Å².